The zero-order valence-electron chi connectivity index (χ0n) is 25.4. The second-order valence-electron chi connectivity index (χ2n) is 12.7. The van der Waals surface area contributed by atoms with Crippen LogP contribution in [0.3, 0.4) is 0 Å². The molecule has 0 spiro atoms. The lowest BCUT2D eigenvalue weighted by molar-refractivity contribution is 0.294. The zero-order valence-corrected chi connectivity index (χ0v) is 27.4. The van der Waals surface area contributed by atoms with Crippen molar-refractivity contribution in [2.24, 2.45) is 0 Å². The van der Waals surface area contributed by atoms with E-state index in [9.17, 15) is 4.80 Å². The van der Waals surface area contributed by atoms with E-state index in [1.807, 2.05) is 36.4 Å². The minimum absolute atomic E-state index is 0.0241. The molecule has 216 valence electrons. The van der Waals surface area contributed by atoms with Gasteiger partial charge >= 0.3 is 0 Å². The monoisotopic (exact) mass is 581 g/mol. The summed E-state index contributed by atoms with van der Waals surface area (Å²) in [6, 6.07) is 42.3. The predicted molar refractivity (Wildman–Crippen MR) is 180 cm³/mol. The molecular formula is C36H47NO2Si2. The van der Waals surface area contributed by atoms with Crippen molar-refractivity contribution in [3.8, 4) is 0 Å². The van der Waals surface area contributed by atoms with E-state index in [2.05, 4.69) is 125 Å². The summed E-state index contributed by atoms with van der Waals surface area (Å²) in [5.74, 6) is 0. The Morgan fingerprint density at radius 1 is 0.585 bits per heavy atom. The number of hydrogen-bond donors (Lipinski definition) is 2. The van der Waals surface area contributed by atoms with Crippen molar-refractivity contribution < 1.29 is 9.22 Å². The molecule has 4 aromatic carbocycles. The van der Waals surface area contributed by atoms with E-state index in [-0.39, 0.29) is 10.1 Å². The molecule has 0 aliphatic carbocycles. The number of benzene rings is 4. The average molecular weight is 582 g/mol. The zero-order chi connectivity index (χ0) is 29.4. The second-order valence-corrected chi connectivity index (χ2v) is 20.9. The Morgan fingerprint density at radius 2 is 0.976 bits per heavy atom. The lowest BCUT2D eigenvalue weighted by Gasteiger charge is -2.43. The highest BCUT2D eigenvalue weighted by Gasteiger charge is 2.50. The molecule has 41 heavy (non-hydrogen) atoms. The fourth-order valence-corrected chi connectivity index (χ4v) is 14.7. The van der Waals surface area contributed by atoms with E-state index >= 15 is 0 Å². The summed E-state index contributed by atoms with van der Waals surface area (Å²) in [5, 5.41) is 8.16. The number of nitrogens with one attached hydrogen (secondary N) is 1. The van der Waals surface area contributed by atoms with Crippen LogP contribution >= 0.6 is 0 Å². The fourth-order valence-electron chi connectivity index (χ4n) is 6.31. The number of hydrogen-bond acceptors (Lipinski definition) is 3. The van der Waals surface area contributed by atoms with Crippen molar-refractivity contribution >= 4 is 37.4 Å². The molecule has 0 saturated carbocycles. The molecule has 5 heteroatoms. The Hall–Kier alpha value is -2.81. The van der Waals surface area contributed by atoms with Gasteiger partial charge in [-0.25, -0.2) is 0 Å². The van der Waals surface area contributed by atoms with Crippen LogP contribution in [0.15, 0.2) is 121 Å². The smallest absolute Gasteiger partial charge is 0.261 e. The van der Waals surface area contributed by atoms with E-state index in [0.29, 0.717) is 6.61 Å². The van der Waals surface area contributed by atoms with Crippen LogP contribution in [0.2, 0.25) is 10.1 Å². The number of rotatable bonds is 13. The van der Waals surface area contributed by atoms with Crippen LogP contribution in [0.4, 0.5) is 0 Å². The summed E-state index contributed by atoms with van der Waals surface area (Å²) < 4.78 is 7.03. The first-order valence-electron chi connectivity index (χ1n) is 14.9. The van der Waals surface area contributed by atoms with E-state index in [4.69, 9.17) is 4.43 Å². The highest BCUT2D eigenvalue weighted by Crippen LogP contribution is 2.40. The fraction of sp³-hybridized carbons (Fsp3) is 0.333. The van der Waals surface area contributed by atoms with Gasteiger partial charge in [-0.3, -0.25) is 0 Å². The summed E-state index contributed by atoms with van der Waals surface area (Å²) in [7, 11) is -5.49. The molecular weight excluding hydrogens is 535 g/mol. The Kier molecular flexibility index (Phi) is 10.2. The van der Waals surface area contributed by atoms with Gasteiger partial charge in [0.05, 0.1) is 0 Å². The minimum Gasteiger partial charge on any atom is -0.424 e. The van der Waals surface area contributed by atoms with Gasteiger partial charge in [-0.1, -0.05) is 156 Å². The van der Waals surface area contributed by atoms with Gasteiger partial charge in [-0.15, -0.1) is 0 Å². The molecule has 0 fully saturated rings. The summed E-state index contributed by atoms with van der Waals surface area (Å²) in [6.45, 7) is 13.8. The van der Waals surface area contributed by atoms with Crippen LogP contribution < -0.4 is 26.1 Å². The van der Waals surface area contributed by atoms with E-state index in [1.54, 1.807) is 0 Å². The topological polar surface area (TPSA) is 41.5 Å². The van der Waals surface area contributed by atoms with Crippen molar-refractivity contribution in [2.45, 2.75) is 57.5 Å². The van der Waals surface area contributed by atoms with E-state index < -0.39 is 16.6 Å². The molecule has 0 radical (unpaired) electrons. The Balaban J connectivity index is 1.41. The first-order valence-corrected chi connectivity index (χ1v) is 18.8. The van der Waals surface area contributed by atoms with Crippen LogP contribution in [0.5, 0.6) is 0 Å². The van der Waals surface area contributed by atoms with Crippen molar-refractivity contribution in [3.05, 3.63) is 121 Å². The molecule has 0 aliphatic heterocycles. The van der Waals surface area contributed by atoms with Crippen molar-refractivity contribution in [1.82, 2.24) is 5.32 Å². The lowest BCUT2D eigenvalue weighted by Crippen LogP contribution is -2.67. The van der Waals surface area contributed by atoms with Gasteiger partial charge in [0.1, 0.15) is 0 Å². The molecule has 0 aliphatic rings. The minimum atomic E-state index is -2.97. The summed E-state index contributed by atoms with van der Waals surface area (Å²) in [4.78, 5) is 12.4. The molecule has 0 bridgehead atoms. The highest BCUT2D eigenvalue weighted by molar-refractivity contribution is 6.99. The van der Waals surface area contributed by atoms with Crippen molar-refractivity contribution in [3.63, 3.8) is 0 Å². The third kappa shape index (κ3) is 6.66. The molecule has 0 unspecified atom stereocenters. The predicted octanol–water partition coefficient (Wildman–Crippen LogP) is 5.47. The molecule has 3 nitrogen and oxygen atoms in total. The molecule has 0 saturated heterocycles. The van der Waals surface area contributed by atoms with Crippen LogP contribution in [0, 0.1) is 0 Å². The lowest BCUT2D eigenvalue weighted by atomic mass is 10.1. The first-order chi connectivity index (χ1) is 19.6. The quantitative estimate of drug-likeness (QED) is 0.163. The van der Waals surface area contributed by atoms with Gasteiger partial charge in [-0.2, -0.15) is 0 Å². The summed E-state index contributed by atoms with van der Waals surface area (Å²) in [6.07, 6.45) is 1.92. The second kappa shape index (κ2) is 13.4. The van der Waals surface area contributed by atoms with Crippen LogP contribution in [-0.2, 0) is 4.43 Å². The molecule has 0 aromatic heterocycles. The standard InChI is InChI=1S/C36H47NO2Si2/c1-35(2,3)41(33-23-14-8-15-24-33,34-25-16-9-17-26-34)39-30-29-37-28-18-27-36(4,5)40(38,31-19-10-6-11-20-31)32-21-12-7-13-22-32/h6-17,19-26,37-38H,18,27-30H2,1-5H3. The Bertz CT molecular complexity index is 1240. The van der Waals surface area contributed by atoms with Gasteiger partial charge in [0.2, 0.25) is 0 Å². The largest absolute Gasteiger partial charge is 0.424 e. The molecule has 2 N–H and O–H groups in total. The van der Waals surface area contributed by atoms with Gasteiger partial charge in [-0.05, 0) is 50.2 Å². The van der Waals surface area contributed by atoms with E-state index in [0.717, 1.165) is 36.3 Å². The third-order valence-electron chi connectivity index (χ3n) is 8.53. The van der Waals surface area contributed by atoms with E-state index in [1.165, 1.54) is 10.4 Å². The van der Waals surface area contributed by atoms with Crippen LogP contribution in [0.25, 0.3) is 0 Å². The van der Waals surface area contributed by atoms with Crippen LogP contribution in [-0.4, -0.2) is 41.1 Å². The van der Waals surface area contributed by atoms with Gasteiger partial charge in [0.25, 0.3) is 16.6 Å². The Labute approximate surface area is 249 Å². The maximum atomic E-state index is 12.4. The van der Waals surface area contributed by atoms with Gasteiger partial charge in [0, 0.05) is 13.2 Å². The van der Waals surface area contributed by atoms with Crippen molar-refractivity contribution in [2.75, 3.05) is 19.7 Å². The van der Waals surface area contributed by atoms with Crippen LogP contribution in [0.1, 0.15) is 47.5 Å². The molecule has 0 atom stereocenters. The average Bonchev–Trinajstić information content (AvgIpc) is 2.99. The normalized spacial score (nSPS) is 12.8. The summed E-state index contributed by atoms with van der Waals surface area (Å²) >= 11 is 0. The first kappa shape index (κ1) is 31.1. The molecule has 4 aromatic rings. The van der Waals surface area contributed by atoms with Gasteiger partial charge in [0.15, 0.2) is 0 Å². The maximum absolute atomic E-state index is 12.4. The SMILES string of the molecule is CC(C)(CCCNCCO[Si](c1ccccc1)(c1ccccc1)C(C)(C)C)[Si](O)(c1ccccc1)c1ccccc1. The molecule has 0 heterocycles. The summed E-state index contributed by atoms with van der Waals surface area (Å²) in [5.41, 5.74) is 0. The maximum Gasteiger partial charge on any atom is 0.261 e. The third-order valence-corrected chi connectivity index (χ3v) is 18.1. The highest BCUT2D eigenvalue weighted by atomic mass is 28.4. The van der Waals surface area contributed by atoms with Crippen molar-refractivity contribution in [1.29, 1.82) is 0 Å². The molecule has 0 amide bonds. The Morgan fingerprint density at radius 3 is 1.37 bits per heavy atom. The van der Waals surface area contributed by atoms with Gasteiger partial charge < -0.3 is 14.5 Å². The molecule has 4 rings (SSSR count).